The molecule has 0 saturated carbocycles. The summed E-state index contributed by atoms with van der Waals surface area (Å²) >= 11 is 5.95. The van der Waals surface area contributed by atoms with E-state index < -0.39 is 0 Å². The number of rotatable bonds is 3. The SMILES string of the molecule is Cc1nc(C(=O)N2CCC(C(=O)N3CCCC(C)C3)CC2)nn1-c1ccc(Cl)cc1. The molecule has 2 fully saturated rings. The quantitative estimate of drug-likeness (QED) is 0.750. The molecular weight excluding hydrogens is 402 g/mol. The number of nitrogens with zero attached hydrogens (tertiary/aromatic N) is 5. The summed E-state index contributed by atoms with van der Waals surface area (Å²) in [6.45, 7) is 6.89. The highest BCUT2D eigenvalue weighted by molar-refractivity contribution is 6.30. The number of halogens is 1. The molecule has 2 saturated heterocycles. The summed E-state index contributed by atoms with van der Waals surface area (Å²) in [5.41, 5.74) is 0.809. The Morgan fingerprint density at radius 1 is 1.03 bits per heavy atom. The monoisotopic (exact) mass is 429 g/mol. The van der Waals surface area contributed by atoms with Crippen LogP contribution in [0.1, 0.15) is 49.1 Å². The Balaban J connectivity index is 1.38. The number of aryl methyl sites for hydroxylation is 1. The smallest absolute Gasteiger partial charge is 0.293 e. The minimum Gasteiger partial charge on any atom is -0.342 e. The lowest BCUT2D eigenvalue weighted by Crippen LogP contribution is -2.47. The highest BCUT2D eigenvalue weighted by Gasteiger charge is 2.33. The fourth-order valence-corrected chi connectivity index (χ4v) is 4.55. The predicted molar refractivity (Wildman–Crippen MR) is 115 cm³/mol. The second-order valence-electron chi connectivity index (χ2n) is 8.47. The number of piperidine rings is 2. The number of hydrogen-bond donors (Lipinski definition) is 0. The molecule has 1 atom stereocenters. The van der Waals surface area contributed by atoms with Crippen molar-refractivity contribution in [2.24, 2.45) is 11.8 Å². The van der Waals surface area contributed by atoms with Gasteiger partial charge in [-0.15, -0.1) is 5.10 Å². The van der Waals surface area contributed by atoms with Crippen LogP contribution < -0.4 is 0 Å². The van der Waals surface area contributed by atoms with Gasteiger partial charge in [-0.2, -0.15) is 0 Å². The molecule has 160 valence electrons. The van der Waals surface area contributed by atoms with Crippen molar-refractivity contribution in [2.45, 2.75) is 39.5 Å². The Hall–Kier alpha value is -2.41. The van der Waals surface area contributed by atoms with Crippen LogP contribution in [0.2, 0.25) is 5.02 Å². The lowest BCUT2D eigenvalue weighted by Gasteiger charge is -2.36. The maximum atomic E-state index is 12.9. The zero-order valence-electron chi connectivity index (χ0n) is 17.6. The molecule has 1 aromatic carbocycles. The number of carbonyl (C=O) groups excluding carboxylic acids is 2. The molecule has 0 aliphatic carbocycles. The molecule has 0 N–H and O–H groups in total. The maximum absolute atomic E-state index is 12.9. The third kappa shape index (κ3) is 4.36. The van der Waals surface area contributed by atoms with Crippen molar-refractivity contribution >= 4 is 23.4 Å². The minimum atomic E-state index is -0.177. The molecular formula is C22H28ClN5O2. The average Bonchev–Trinajstić information content (AvgIpc) is 3.15. The number of carbonyl (C=O) groups is 2. The van der Waals surface area contributed by atoms with E-state index in [1.54, 1.807) is 21.7 Å². The molecule has 0 radical (unpaired) electrons. The van der Waals surface area contributed by atoms with Crippen molar-refractivity contribution in [3.05, 3.63) is 40.9 Å². The highest BCUT2D eigenvalue weighted by Crippen LogP contribution is 2.24. The van der Waals surface area contributed by atoms with Crippen LogP contribution in [0.5, 0.6) is 0 Å². The normalized spacial score (nSPS) is 20.4. The van der Waals surface area contributed by atoms with Gasteiger partial charge < -0.3 is 9.80 Å². The van der Waals surface area contributed by atoms with Gasteiger partial charge in [0.1, 0.15) is 5.82 Å². The van der Waals surface area contributed by atoms with Gasteiger partial charge in [-0.05, 0) is 62.8 Å². The number of hydrogen-bond acceptors (Lipinski definition) is 4. The van der Waals surface area contributed by atoms with Gasteiger partial charge in [0.05, 0.1) is 5.69 Å². The summed E-state index contributed by atoms with van der Waals surface area (Å²) in [6.07, 6.45) is 3.69. The van der Waals surface area contributed by atoms with Gasteiger partial charge in [-0.1, -0.05) is 18.5 Å². The number of benzene rings is 1. The standard InChI is InChI=1S/C22H28ClN5O2/c1-15-4-3-11-27(14-15)21(29)17-9-12-26(13-10-17)22(30)20-24-16(2)28(25-20)19-7-5-18(23)6-8-19/h5-8,15,17H,3-4,9-14H2,1-2H3. The van der Waals surface area contributed by atoms with Crippen LogP contribution in [-0.4, -0.2) is 62.6 Å². The fraction of sp³-hybridized carbons (Fsp3) is 0.545. The van der Waals surface area contributed by atoms with E-state index in [1.807, 2.05) is 24.0 Å². The summed E-state index contributed by atoms with van der Waals surface area (Å²) in [4.78, 5) is 34.0. The summed E-state index contributed by atoms with van der Waals surface area (Å²) in [7, 11) is 0. The van der Waals surface area contributed by atoms with Crippen LogP contribution in [0.15, 0.2) is 24.3 Å². The van der Waals surface area contributed by atoms with Crippen LogP contribution in [-0.2, 0) is 4.79 Å². The van der Waals surface area contributed by atoms with Crippen LogP contribution in [0.3, 0.4) is 0 Å². The largest absolute Gasteiger partial charge is 0.342 e. The first-order valence-electron chi connectivity index (χ1n) is 10.7. The molecule has 4 rings (SSSR count). The fourth-order valence-electron chi connectivity index (χ4n) is 4.43. The Labute approximate surface area is 182 Å². The van der Waals surface area contributed by atoms with Crippen molar-refractivity contribution in [3.63, 3.8) is 0 Å². The molecule has 7 nitrogen and oxygen atoms in total. The molecule has 2 aliphatic heterocycles. The van der Waals surface area contributed by atoms with Crippen LogP contribution >= 0.6 is 11.6 Å². The van der Waals surface area contributed by atoms with Crippen LogP contribution in [0, 0.1) is 18.8 Å². The Morgan fingerprint density at radius 3 is 2.40 bits per heavy atom. The van der Waals surface area contributed by atoms with Gasteiger partial charge in [0.25, 0.3) is 5.91 Å². The molecule has 2 aromatic rings. The van der Waals surface area contributed by atoms with Crippen molar-refractivity contribution in [1.29, 1.82) is 0 Å². The molecule has 3 heterocycles. The third-order valence-electron chi connectivity index (χ3n) is 6.13. The topological polar surface area (TPSA) is 71.3 Å². The van der Waals surface area contributed by atoms with Gasteiger partial charge in [-0.3, -0.25) is 9.59 Å². The number of amides is 2. The molecule has 8 heteroatoms. The van der Waals surface area contributed by atoms with Crippen molar-refractivity contribution < 1.29 is 9.59 Å². The van der Waals surface area contributed by atoms with E-state index in [2.05, 4.69) is 17.0 Å². The van der Waals surface area contributed by atoms with E-state index in [0.29, 0.717) is 42.7 Å². The zero-order chi connectivity index (χ0) is 21.3. The minimum absolute atomic E-state index is 0.0145. The lowest BCUT2D eigenvalue weighted by molar-refractivity contribution is -0.138. The van der Waals surface area contributed by atoms with Gasteiger partial charge in [0.15, 0.2) is 0 Å². The van der Waals surface area contributed by atoms with E-state index in [-0.39, 0.29) is 23.6 Å². The van der Waals surface area contributed by atoms with Crippen LogP contribution in [0.25, 0.3) is 5.69 Å². The van der Waals surface area contributed by atoms with Crippen LogP contribution in [0.4, 0.5) is 0 Å². The Bertz CT molecular complexity index is 918. The van der Waals surface area contributed by atoms with Gasteiger partial charge >= 0.3 is 0 Å². The molecule has 0 spiro atoms. The first kappa shape index (κ1) is 20.8. The molecule has 2 aliphatic rings. The van der Waals surface area contributed by atoms with Crippen molar-refractivity contribution in [1.82, 2.24) is 24.6 Å². The van der Waals surface area contributed by atoms with E-state index >= 15 is 0 Å². The Morgan fingerprint density at radius 2 is 1.73 bits per heavy atom. The summed E-state index contributed by atoms with van der Waals surface area (Å²) in [5, 5.41) is 5.06. The second kappa shape index (κ2) is 8.76. The zero-order valence-corrected chi connectivity index (χ0v) is 18.3. The predicted octanol–water partition coefficient (Wildman–Crippen LogP) is 3.34. The molecule has 30 heavy (non-hydrogen) atoms. The molecule has 2 amide bonds. The first-order chi connectivity index (χ1) is 14.4. The first-order valence-corrected chi connectivity index (χ1v) is 11.1. The van der Waals surface area contributed by atoms with Gasteiger partial charge in [0.2, 0.25) is 11.7 Å². The lowest BCUT2D eigenvalue weighted by atomic mass is 9.92. The van der Waals surface area contributed by atoms with Gasteiger partial charge in [0, 0.05) is 37.1 Å². The molecule has 1 aromatic heterocycles. The second-order valence-corrected chi connectivity index (χ2v) is 8.91. The maximum Gasteiger partial charge on any atom is 0.293 e. The molecule has 0 bridgehead atoms. The van der Waals surface area contributed by atoms with Crippen molar-refractivity contribution in [3.8, 4) is 5.69 Å². The Kier molecular flexibility index (Phi) is 6.09. The number of aromatic nitrogens is 3. The molecule has 1 unspecified atom stereocenters. The summed E-state index contributed by atoms with van der Waals surface area (Å²) < 4.78 is 1.65. The highest BCUT2D eigenvalue weighted by atomic mass is 35.5. The van der Waals surface area contributed by atoms with E-state index in [4.69, 9.17) is 11.6 Å². The van der Waals surface area contributed by atoms with E-state index in [1.165, 1.54) is 6.42 Å². The van der Waals surface area contributed by atoms with E-state index in [0.717, 1.165) is 25.2 Å². The average molecular weight is 430 g/mol. The van der Waals surface area contributed by atoms with Gasteiger partial charge in [-0.25, -0.2) is 9.67 Å². The third-order valence-corrected chi connectivity index (χ3v) is 6.38. The summed E-state index contributed by atoms with van der Waals surface area (Å²) in [6, 6.07) is 7.25. The van der Waals surface area contributed by atoms with E-state index in [9.17, 15) is 9.59 Å². The van der Waals surface area contributed by atoms with Crippen molar-refractivity contribution in [2.75, 3.05) is 26.2 Å². The number of likely N-dealkylation sites (tertiary alicyclic amines) is 2. The summed E-state index contributed by atoms with van der Waals surface area (Å²) in [5.74, 6) is 1.51.